The molecule has 1 atom stereocenters. The zero-order valence-corrected chi connectivity index (χ0v) is 13.0. The smallest absolute Gasteiger partial charge is 0.0110 e. The van der Waals surface area contributed by atoms with E-state index in [-0.39, 0.29) is 0 Å². The molecule has 1 saturated carbocycles. The minimum atomic E-state index is 0.694. The lowest BCUT2D eigenvalue weighted by molar-refractivity contribution is 0.259. The van der Waals surface area contributed by atoms with Gasteiger partial charge >= 0.3 is 0 Å². The van der Waals surface area contributed by atoms with E-state index in [1.54, 1.807) is 16.7 Å². The molecule has 1 fully saturated rings. The van der Waals surface area contributed by atoms with Crippen LogP contribution in [-0.4, -0.2) is 12.6 Å². The fourth-order valence-electron chi connectivity index (χ4n) is 3.75. The van der Waals surface area contributed by atoms with Crippen LogP contribution in [0.25, 0.3) is 0 Å². The molecular formula is C19H29N. The summed E-state index contributed by atoms with van der Waals surface area (Å²) in [5, 5.41) is 3.78. The van der Waals surface area contributed by atoms with Crippen molar-refractivity contribution >= 4 is 0 Å². The van der Waals surface area contributed by atoms with Crippen molar-refractivity contribution in [2.45, 2.75) is 70.8 Å². The average molecular weight is 271 g/mol. The Kier molecular flexibility index (Phi) is 4.77. The van der Waals surface area contributed by atoms with Crippen LogP contribution in [0, 0.1) is 5.92 Å². The standard InChI is InChI=1S/C19H29N/c1-2-11-20-19(13-15-5-3-6-15)14-16-9-10-17-7-4-8-18(17)12-16/h9-10,12,15,19-20H,2-8,11,13-14H2,1H3. The fraction of sp³-hybridized carbons (Fsp3) is 0.684. The lowest BCUT2D eigenvalue weighted by atomic mass is 9.79. The van der Waals surface area contributed by atoms with Gasteiger partial charge in [0.15, 0.2) is 0 Å². The Morgan fingerprint density at radius 3 is 2.75 bits per heavy atom. The second kappa shape index (κ2) is 6.76. The molecule has 0 aromatic heterocycles. The predicted octanol–water partition coefficient (Wildman–Crippen LogP) is 4.28. The Morgan fingerprint density at radius 1 is 1.15 bits per heavy atom. The summed E-state index contributed by atoms with van der Waals surface area (Å²) in [6.45, 7) is 3.44. The monoisotopic (exact) mass is 271 g/mol. The first kappa shape index (κ1) is 14.1. The van der Waals surface area contributed by atoms with Gasteiger partial charge in [-0.3, -0.25) is 0 Å². The first-order chi connectivity index (χ1) is 9.85. The zero-order valence-electron chi connectivity index (χ0n) is 13.0. The van der Waals surface area contributed by atoms with E-state index >= 15 is 0 Å². The van der Waals surface area contributed by atoms with Gasteiger partial charge in [0.05, 0.1) is 0 Å². The summed E-state index contributed by atoms with van der Waals surface area (Å²) in [7, 11) is 0. The first-order valence-electron chi connectivity index (χ1n) is 8.69. The number of hydrogen-bond donors (Lipinski definition) is 1. The number of fused-ring (bicyclic) bond motifs is 1. The van der Waals surface area contributed by atoms with Crippen LogP contribution in [0.5, 0.6) is 0 Å². The third kappa shape index (κ3) is 3.44. The molecule has 2 aliphatic rings. The number of benzene rings is 1. The van der Waals surface area contributed by atoms with Crippen molar-refractivity contribution in [3.8, 4) is 0 Å². The third-order valence-corrected chi connectivity index (χ3v) is 5.17. The molecule has 20 heavy (non-hydrogen) atoms. The van der Waals surface area contributed by atoms with Crippen LogP contribution in [0.2, 0.25) is 0 Å². The molecule has 0 bridgehead atoms. The van der Waals surface area contributed by atoms with Crippen molar-refractivity contribution in [3.63, 3.8) is 0 Å². The van der Waals surface area contributed by atoms with Crippen LogP contribution in [0.1, 0.15) is 62.1 Å². The largest absolute Gasteiger partial charge is 0.314 e. The van der Waals surface area contributed by atoms with E-state index in [9.17, 15) is 0 Å². The minimum Gasteiger partial charge on any atom is -0.314 e. The van der Waals surface area contributed by atoms with Gasteiger partial charge in [0.2, 0.25) is 0 Å². The van der Waals surface area contributed by atoms with Gasteiger partial charge in [0, 0.05) is 6.04 Å². The Labute approximate surface area is 124 Å². The fourth-order valence-corrected chi connectivity index (χ4v) is 3.75. The number of hydrogen-bond acceptors (Lipinski definition) is 1. The molecule has 1 aromatic carbocycles. The summed E-state index contributed by atoms with van der Waals surface area (Å²) in [6.07, 6.45) is 12.2. The molecule has 0 heterocycles. The predicted molar refractivity (Wildman–Crippen MR) is 86.2 cm³/mol. The number of rotatable bonds is 7. The molecule has 0 radical (unpaired) electrons. The minimum absolute atomic E-state index is 0.694. The average Bonchev–Trinajstić information content (AvgIpc) is 2.87. The van der Waals surface area contributed by atoms with Gasteiger partial charge in [-0.1, -0.05) is 44.4 Å². The second-order valence-electron chi connectivity index (χ2n) is 6.84. The van der Waals surface area contributed by atoms with Crippen LogP contribution < -0.4 is 5.32 Å². The molecule has 1 unspecified atom stereocenters. The van der Waals surface area contributed by atoms with E-state index in [0.717, 1.165) is 5.92 Å². The lowest BCUT2D eigenvalue weighted by Gasteiger charge is -2.30. The van der Waals surface area contributed by atoms with Gasteiger partial charge in [0.25, 0.3) is 0 Å². The molecule has 2 aliphatic carbocycles. The van der Waals surface area contributed by atoms with Crippen LogP contribution in [-0.2, 0) is 19.3 Å². The van der Waals surface area contributed by atoms with E-state index in [1.807, 2.05) is 0 Å². The molecule has 110 valence electrons. The highest BCUT2D eigenvalue weighted by atomic mass is 14.9. The van der Waals surface area contributed by atoms with Crippen LogP contribution in [0.3, 0.4) is 0 Å². The maximum atomic E-state index is 3.78. The summed E-state index contributed by atoms with van der Waals surface area (Å²) in [4.78, 5) is 0. The van der Waals surface area contributed by atoms with Crippen LogP contribution >= 0.6 is 0 Å². The molecule has 1 aromatic rings. The maximum absolute atomic E-state index is 3.78. The molecular weight excluding hydrogens is 242 g/mol. The molecule has 0 amide bonds. The number of nitrogens with one attached hydrogen (secondary N) is 1. The van der Waals surface area contributed by atoms with Crippen LogP contribution in [0.4, 0.5) is 0 Å². The van der Waals surface area contributed by atoms with Crippen molar-refractivity contribution in [1.29, 1.82) is 0 Å². The van der Waals surface area contributed by atoms with Crippen molar-refractivity contribution in [2.24, 2.45) is 5.92 Å². The normalized spacial score (nSPS) is 19.6. The van der Waals surface area contributed by atoms with Gasteiger partial charge in [-0.05, 0) is 67.7 Å². The Morgan fingerprint density at radius 2 is 2.00 bits per heavy atom. The third-order valence-electron chi connectivity index (χ3n) is 5.17. The highest BCUT2D eigenvalue weighted by Crippen LogP contribution is 2.31. The van der Waals surface area contributed by atoms with E-state index in [4.69, 9.17) is 0 Å². The Hall–Kier alpha value is -0.820. The lowest BCUT2D eigenvalue weighted by Crippen LogP contribution is -2.35. The second-order valence-corrected chi connectivity index (χ2v) is 6.84. The molecule has 0 saturated heterocycles. The molecule has 1 heteroatoms. The molecule has 1 N–H and O–H groups in total. The summed E-state index contributed by atoms with van der Waals surface area (Å²) in [6, 6.07) is 7.95. The summed E-state index contributed by atoms with van der Waals surface area (Å²) >= 11 is 0. The highest BCUT2D eigenvalue weighted by Gasteiger charge is 2.22. The van der Waals surface area contributed by atoms with Gasteiger partial charge in [0.1, 0.15) is 0 Å². The zero-order chi connectivity index (χ0) is 13.8. The maximum Gasteiger partial charge on any atom is 0.0110 e. The number of aryl methyl sites for hydroxylation is 2. The molecule has 1 nitrogen and oxygen atoms in total. The van der Waals surface area contributed by atoms with Crippen LogP contribution in [0.15, 0.2) is 18.2 Å². The Balaban J connectivity index is 1.61. The topological polar surface area (TPSA) is 12.0 Å². The van der Waals surface area contributed by atoms with Gasteiger partial charge < -0.3 is 5.32 Å². The van der Waals surface area contributed by atoms with E-state index in [2.05, 4.69) is 30.4 Å². The van der Waals surface area contributed by atoms with Crippen molar-refractivity contribution in [1.82, 2.24) is 5.32 Å². The Bertz CT molecular complexity index is 433. The van der Waals surface area contributed by atoms with Gasteiger partial charge in [-0.25, -0.2) is 0 Å². The summed E-state index contributed by atoms with van der Waals surface area (Å²) in [5.41, 5.74) is 4.78. The van der Waals surface area contributed by atoms with Gasteiger partial charge in [-0.15, -0.1) is 0 Å². The van der Waals surface area contributed by atoms with Crippen molar-refractivity contribution in [3.05, 3.63) is 34.9 Å². The van der Waals surface area contributed by atoms with E-state index in [1.165, 1.54) is 64.3 Å². The quantitative estimate of drug-likeness (QED) is 0.780. The summed E-state index contributed by atoms with van der Waals surface area (Å²) < 4.78 is 0. The van der Waals surface area contributed by atoms with Gasteiger partial charge in [-0.2, -0.15) is 0 Å². The summed E-state index contributed by atoms with van der Waals surface area (Å²) in [5.74, 6) is 0.999. The van der Waals surface area contributed by atoms with Crippen molar-refractivity contribution < 1.29 is 0 Å². The van der Waals surface area contributed by atoms with E-state index < -0.39 is 0 Å². The SMILES string of the molecule is CCCNC(Cc1ccc2c(c1)CCC2)CC1CCC1. The first-order valence-corrected chi connectivity index (χ1v) is 8.69. The highest BCUT2D eigenvalue weighted by molar-refractivity contribution is 5.35. The molecule has 0 spiro atoms. The molecule has 0 aliphatic heterocycles. The van der Waals surface area contributed by atoms with E-state index in [0.29, 0.717) is 6.04 Å². The van der Waals surface area contributed by atoms with Crippen molar-refractivity contribution in [2.75, 3.05) is 6.54 Å². The molecule has 3 rings (SSSR count).